The molecule has 1 N–H and O–H groups in total. The van der Waals surface area contributed by atoms with E-state index in [1.54, 1.807) is 24.4 Å². The van der Waals surface area contributed by atoms with E-state index >= 15 is 0 Å². The van der Waals surface area contributed by atoms with Gasteiger partial charge in [0.2, 0.25) is 0 Å². The lowest BCUT2D eigenvalue weighted by atomic mass is 10.2. The molecule has 0 atom stereocenters. The van der Waals surface area contributed by atoms with Gasteiger partial charge in [0.1, 0.15) is 5.82 Å². The Morgan fingerprint density at radius 3 is 2.50 bits per heavy atom. The highest BCUT2D eigenvalue weighted by atomic mass is 19.1. The molecule has 0 saturated heterocycles. The van der Waals surface area contributed by atoms with Crippen LogP contribution in [0.2, 0.25) is 0 Å². The van der Waals surface area contributed by atoms with Crippen LogP contribution in [0.4, 0.5) is 10.1 Å². The molecule has 0 radical (unpaired) electrons. The summed E-state index contributed by atoms with van der Waals surface area (Å²) in [4.78, 5) is 20.5. The zero-order valence-electron chi connectivity index (χ0n) is 11.5. The smallest absolute Gasteiger partial charge is 0.257 e. The summed E-state index contributed by atoms with van der Waals surface area (Å²) in [7, 11) is 0. The number of hydrogen-bond donors (Lipinski definition) is 1. The lowest BCUT2D eigenvalue weighted by Gasteiger charge is -2.06. The van der Waals surface area contributed by atoms with Gasteiger partial charge in [0.15, 0.2) is 0 Å². The predicted molar refractivity (Wildman–Crippen MR) is 81.8 cm³/mol. The minimum atomic E-state index is -0.401. The van der Waals surface area contributed by atoms with Crippen molar-refractivity contribution in [3.8, 4) is 11.4 Å². The highest BCUT2D eigenvalue weighted by molar-refractivity contribution is 6.04. The third-order valence-electron chi connectivity index (χ3n) is 3.04. The molecule has 2 aromatic heterocycles. The monoisotopic (exact) mass is 293 g/mol. The Kier molecular flexibility index (Phi) is 3.87. The van der Waals surface area contributed by atoms with Gasteiger partial charge < -0.3 is 5.32 Å². The largest absolute Gasteiger partial charge is 0.322 e. The second-order valence-electron chi connectivity index (χ2n) is 4.61. The highest BCUT2D eigenvalue weighted by Gasteiger charge is 2.08. The van der Waals surface area contributed by atoms with Gasteiger partial charge in [-0.3, -0.25) is 14.8 Å². The van der Waals surface area contributed by atoms with Crippen molar-refractivity contribution in [2.45, 2.75) is 0 Å². The van der Waals surface area contributed by atoms with Crippen LogP contribution in [-0.2, 0) is 0 Å². The molecule has 0 aliphatic heterocycles. The van der Waals surface area contributed by atoms with Crippen LogP contribution in [0.5, 0.6) is 0 Å². The van der Waals surface area contributed by atoms with E-state index in [0.29, 0.717) is 16.9 Å². The number of rotatable bonds is 3. The molecule has 3 rings (SSSR count). The first-order valence-electron chi connectivity index (χ1n) is 6.67. The second kappa shape index (κ2) is 6.13. The quantitative estimate of drug-likeness (QED) is 0.803. The average Bonchev–Trinajstić information content (AvgIpc) is 2.56. The molecule has 2 heterocycles. The fourth-order valence-electron chi connectivity index (χ4n) is 1.96. The molecule has 0 aliphatic carbocycles. The molecule has 0 bridgehead atoms. The molecule has 0 fully saturated rings. The van der Waals surface area contributed by atoms with E-state index in [1.807, 2.05) is 18.2 Å². The van der Waals surface area contributed by atoms with Crippen molar-refractivity contribution >= 4 is 11.6 Å². The number of pyridine rings is 2. The molecule has 5 heteroatoms. The molecule has 108 valence electrons. The molecule has 0 aliphatic rings. The molecular weight excluding hydrogens is 281 g/mol. The van der Waals surface area contributed by atoms with Gasteiger partial charge in [-0.25, -0.2) is 4.39 Å². The van der Waals surface area contributed by atoms with E-state index < -0.39 is 5.82 Å². The molecule has 0 spiro atoms. The predicted octanol–water partition coefficient (Wildman–Crippen LogP) is 3.54. The van der Waals surface area contributed by atoms with E-state index in [-0.39, 0.29) is 5.91 Å². The van der Waals surface area contributed by atoms with Crippen LogP contribution >= 0.6 is 0 Å². The van der Waals surface area contributed by atoms with Gasteiger partial charge in [0, 0.05) is 18.1 Å². The third kappa shape index (κ3) is 3.15. The van der Waals surface area contributed by atoms with Crippen LogP contribution in [0.25, 0.3) is 11.4 Å². The Morgan fingerprint density at radius 1 is 0.955 bits per heavy atom. The van der Waals surface area contributed by atoms with Crippen LogP contribution in [0.1, 0.15) is 10.4 Å². The summed E-state index contributed by atoms with van der Waals surface area (Å²) >= 11 is 0. The first-order chi connectivity index (χ1) is 10.7. The zero-order chi connectivity index (χ0) is 15.4. The van der Waals surface area contributed by atoms with Crippen molar-refractivity contribution in [3.63, 3.8) is 0 Å². The Morgan fingerprint density at radius 2 is 1.82 bits per heavy atom. The van der Waals surface area contributed by atoms with Crippen molar-refractivity contribution in [2.24, 2.45) is 0 Å². The Balaban J connectivity index is 1.76. The van der Waals surface area contributed by atoms with Gasteiger partial charge in [0.25, 0.3) is 5.91 Å². The molecular formula is C17H12FN3O. The number of benzene rings is 1. The summed E-state index contributed by atoms with van der Waals surface area (Å²) in [5, 5.41) is 2.62. The van der Waals surface area contributed by atoms with Crippen molar-refractivity contribution in [1.29, 1.82) is 0 Å². The van der Waals surface area contributed by atoms with Gasteiger partial charge >= 0.3 is 0 Å². The Hall–Kier alpha value is -3.08. The van der Waals surface area contributed by atoms with Gasteiger partial charge in [-0.15, -0.1) is 0 Å². The standard InChI is InChI=1S/C17H12FN3O/c18-13-4-3-5-14(10-13)21-17(22)12-7-8-16(20-11-12)15-6-1-2-9-19-15/h1-11H,(H,21,22). The van der Waals surface area contributed by atoms with Gasteiger partial charge in [-0.05, 0) is 42.5 Å². The number of nitrogens with one attached hydrogen (secondary N) is 1. The Bertz CT molecular complexity index is 789. The van der Waals surface area contributed by atoms with E-state index in [1.165, 1.54) is 24.4 Å². The van der Waals surface area contributed by atoms with Crippen molar-refractivity contribution < 1.29 is 9.18 Å². The number of aromatic nitrogens is 2. The summed E-state index contributed by atoms with van der Waals surface area (Å²) in [5.74, 6) is -0.743. The molecule has 1 amide bonds. The number of hydrogen-bond acceptors (Lipinski definition) is 3. The number of anilines is 1. The first kappa shape index (κ1) is 13.9. The summed E-state index contributed by atoms with van der Waals surface area (Å²) in [6.45, 7) is 0. The maximum absolute atomic E-state index is 13.1. The van der Waals surface area contributed by atoms with Crippen LogP contribution in [-0.4, -0.2) is 15.9 Å². The van der Waals surface area contributed by atoms with Crippen LogP contribution in [0.15, 0.2) is 67.0 Å². The average molecular weight is 293 g/mol. The zero-order valence-corrected chi connectivity index (χ0v) is 11.5. The van der Waals surface area contributed by atoms with Gasteiger partial charge in [0.05, 0.1) is 17.0 Å². The van der Waals surface area contributed by atoms with E-state index in [4.69, 9.17) is 0 Å². The fourth-order valence-corrected chi connectivity index (χ4v) is 1.96. The molecule has 1 aromatic carbocycles. The van der Waals surface area contributed by atoms with Crippen molar-refractivity contribution in [3.05, 3.63) is 78.4 Å². The summed E-state index contributed by atoms with van der Waals surface area (Å²) in [6.07, 6.45) is 3.15. The van der Waals surface area contributed by atoms with E-state index in [9.17, 15) is 9.18 Å². The maximum Gasteiger partial charge on any atom is 0.257 e. The Labute approximate surface area is 126 Å². The minimum absolute atomic E-state index is 0.342. The SMILES string of the molecule is O=C(Nc1cccc(F)c1)c1ccc(-c2ccccn2)nc1. The van der Waals surface area contributed by atoms with Crippen LogP contribution in [0, 0.1) is 5.82 Å². The summed E-state index contributed by atoms with van der Waals surface area (Å²) < 4.78 is 13.1. The first-order valence-corrected chi connectivity index (χ1v) is 6.67. The normalized spacial score (nSPS) is 10.2. The number of nitrogens with zero attached hydrogens (tertiary/aromatic N) is 2. The second-order valence-corrected chi connectivity index (χ2v) is 4.61. The van der Waals surface area contributed by atoms with Gasteiger partial charge in [-0.2, -0.15) is 0 Å². The molecule has 22 heavy (non-hydrogen) atoms. The molecule has 0 saturated carbocycles. The highest BCUT2D eigenvalue weighted by Crippen LogP contribution is 2.15. The number of amides is 1. The number of halogens is 1. The molecule has 3 aromatic rings. The molecule has 4 nitrogen and oxygen atoms in total. The number of carbonyl (C=O) groups is 1. The molecule has 0 unspecified atom stereocenters. The number of carbonyl (C=O) groups excluding carboxylic acids is 1. The maximum atomic E-state index is 13.1. The van der Waals surface area contributed by atoms with E-state index in [2.05, 4.69) is 15.3 Å². The lowest BCUT2D eigenvalue weighted by molar-refractivity contribution is 0.102. The fraction of sp³-hybridized carbons (Fsp3) is 0. The lowest BCUT2D eigenvalue weighted by Crippen LogP contribution is -2.12. The summed E-state index contributed by atoms with van der Waals surface area (Å²) in [5.41, 5.74) is 2.21. The minimum Gasteiger partial charge on any atom is -0.322 e. The van der Waals surface area contributed by atoms with Crippen LogP contribution < -0.4 is 5.32 Å². The van der Waals surface area contributed by atoms with Gasteiger partial charge in [-0.1, -0.05) is 12.1 Å². The third-order valence-corrected chi connectivity index (χ3v) is 3.04. The summed E-state index contributed by atoms with van der Waals surface area (Å²) in [6, 6.07) is 14.7. The van der Waals surface area contributed by atoms with E-state index in [0.717, 1.165) is 5.69 Å². The topological polar surface area (TPSA) is 54.9 Å². The van der Waals surface area contributed by atoms with Crippen molar-refractivity contribution in [1.82, 2.24) is 9.97 Å². The van der Waals surface area contributed by atoms with Crippen molar-refractivity contribution in [2.75, 3.05) is 5.32 Å². The van der Waals surface area contributed by atoms with Crippen LogP contribution in [0.3, 0.4) is 0 Å².